The van der Waals surface area contributed by atoms with E-state index in [1.54, 1.807) is 37.3 Å². The summed E-state index contributed by atoms with van der Waals surface area (Å²) in [7, 11) is 0. The molecule has 8 heteroatoms. The highest BCUT2D eigenvalue weighted by molar-refractivity contribution is 6.10. The molecule has 2 amide bonds. The maximum Gasteiger partial charge on any atom is 0.266 e. The highest BCUT2D eigenvalue weighted by atomic mass is 19.1. The van der Waals surface area contributed by atoms with Crippen LogP contribution in [0.1, 0.15) is 23.6 Å². The van der Waals surface area contributed by atoms with Gasteiger partial charge in [-0.25, -0.2) is 4.39 Å². The minimum absolute atomic E-state index is 0.0553. The van der Waals surface area contributed by atoms with Gasteiger partial charge in [0, 0.05) is 5.69 Å². The quantitative estimate of drug-likeness (QED) is 0.311. The normalized spacial score (nSPS) is 10.8. The van der Waals surface area contributed by atoms with Gasteiger partial charge < -0.3 is 20.1 Å². The van der Waals surface area contributed by atoms with Gasteiger partial charge in [-0.1, -0.05) is 35.9 Å². The van der Waals surface area contributed by atoms with Gasteiger partial charge in [0.2, 0.25) is 0 Å². The van der Waals surface area contributed by atoms with Crippen LogP contribution in [0, 0.1) is 31.0 Å². The zero-order valence-corrected chi connectivity index (χ0v) is 20.2. The van der Waals surface area contributed by atoms with Crippen LogP contribution in [-0.4, -0.2) is 25.0 Å². The number of hydrogen-bond acceptors (Lipinski definition) is 5. The van der Waals surface area contributed by atoms with Crippen LogP contribution in [0.3, 0.4) is 0 Å². The Balaban J connectivity index is 1.73. The van der Waals surface area contributed by atoms with Gasteiger partial charge in [0.15, 0.2) is 18.1 Å². The van der Waals surface area contributed by atoms with Crippen LogP contribution < -0.4 is 20.1 Å². The lowest BCUT2D eigenvalue weighted by atomic mass is 10.1. The number of hydrogen-bond donors (Lipinski definition) is 2. The van der Waals surface area contributed by atoms with Crippen LogP contribution >= 0.6 is 0 Å². The molecule has 0 aliphatic carbocycles. The predicted octanol–water partition coefficient (Wildman–Crippen LogP) is 5.40. The fraction of sp³-hybridized carbons (Fsp3) is 0.179. The van der Waals surface area contributed by atoms with Crippen molar-refractivity contribution < 1.29 is 23.5 Å². The monoisotopic (exact) mass is 487 g/mol. The number of benzene rings is 3. The van der Waals surface area contributed by atoms with E-state index in [-0.39, 0.29) is 23.6 Å². The fourth-order valence-corrected chi connectivity index (χ4v) is 3.35. The Bertz CT molecular complexity index is 1340. The van der Waals surface area contributed by atoms with E-state index in [2.05, 4.69) is 10.6 Å². The minimum Gasteiger partial charge on any atom is -0.490 e. The molecule has 0 aliphatic rings. The zero-order chi connectivity index (χ0) is 26.1. The first-order chi connectivity index (χ1) is 17.3. The maximum absolute atomic E-state index is 13.7. The molecule has 0 fully saturated rings. The Hall–Kier alpha value is -4.64. The number of para-hydroxylation sites is 1. The van der Waals surface area contributed by atoms with E-state index in [0.29, 0.717) is 23.6 Å². The van der Waals surface area contributed by atoms with Crippen LogP contribution in [0.5, 0.6) is 11.5 Å². The molecular formula is C28H26FN3O4. The molecule has 3 aromatic rings. The Morgan fingerprint density at radius 2 is 1.75 bits per heavy atom. The van der Waals surface area contributed by atoms with Gasteiger partial charge in [0.05, 0.1) is 12.3 Å². The number of nitrogens with zero attached hydrogens (tertiary/aromatic N) is 1. The van der Waals surface area contributed by atoms with E-state index in [1.807, 2.05) is 32.0 Å². The number of ether oxygens (including phenoxy) is 2. The van der Waals surface area contributed by atoms with Gasteiger partial charge in [-0.15, -0.1) is 0 Å². The summed E-state index contributed by atoms with van der Waals surface area (Å²) in [5.41, 5.74) is 3.08. The Morgan fingerprint density at radius 1 is 0.972 bits per heavy atom. The standard InChI is InChI=1S/C28H26FN3O4/c1-4-35-26-15-20(14-21(16-30)28(34)32-23-11-9-18(2)13-19(23)3)10-12-25(26)36-17-27(33)31-24-8-6-5-7-22(24)29/h5-15H,4,17H2,1-3H3,(H,31,33)(H,32,34)/b21-14+. The van der Waals surface area contributed by atoms with Crippen molar-refractivity contribution in [2.45, 2.75) is 20.8 Å². The largest absolute Gasteiger partial charge is 0.490 e. The molecule has 3 rings (SSSR count). The lowest BCUT2D eigenvalue weighted by Crippen LogP contribution is -2.21. The molecule has 0 saturated carbocycles. The SMILES string of the molecule is CCOc1cc(/C=C(\C#N)C(=O)Nc2ccc(C)cc2C)ccc1OCC(=O)Nc1ccccc1F. The molecular weight excluding hydrogens is 461 g/mol. The molecule has 36 heavy (non-hydrogen) atoms. The number of aryl methyl sites for hydroxylation is 2. The van der Waals surface area contributed by atoms with Crippen molar-refractivity contribution in [3.05, 3.63) is 88.7 Å². The number of amides is 2. The summed E-state index contributed by atoms with van der Waals surface area (Å²) in [6, 6.07) is 18.2. The second kappa shape index (κ2) is 12.2. The van der Waals surface area contributed by atoms with Crippen LogP contribution in [-0.2, 0) is 9.59 Å². The molecule has 0 aromatic heterocycles. The number of rotatable bonds is 9. The topological polar surface area (TPSA) is 100 Å². The summed E-state index contributed by atoms with van der Waals surface area (Å²) >= 11 is 0. The Labute approximate surface area is 209 Å². The summed E-state index contributed by atoms with van der Waals surface area (Å²) in [5.74, 6) is -1.01. The molecule has 0 radical (unpaired) electrons. The summed E-state index contributed by atoms with van der Waals surface area (Å²) < 4.78 is 24.9. The summed E-state index contributed by atoms with van der Waals surface area (Å²) in [6.45, 7) is 5.57. The third-order valence-electron chi connectivity index (χ3n) is 5.08. The third-order valence-corrected chi connectivity index (χ3v) is 5.08. The van der Waals surface area contributed by atoms with Gasteiger partial charge >= 0.3 is 0 Å². The Kier molecular flexibility index (Phi) is 8.79. The second-order valence-electron chi connectivity index (χ2n) is 7.90. The van der Waals surface area contributed by atoms with E-state index >= 15 is 0 Å². The zero-order valence-electron chi connectivity index (χ0n) is 20.2. The number of nitrogens with one attached hydrogen (secondary N) is 2. The van der Waals surface area contributed by atoms with Crippen molar-refractivity contribution in [3.63, 3.8) is 0 Å². The molecule has 0 spiro atoms. The number of carbonyl (C=O) groups excluding carboxylic acids is 2. The number of nitriles is 1. The lowest BCUT2D eigenvalue weighted by molar-refractivity contribution is -0.118. The van der Waals surface area contributed by atoms with Crippen molar-refractivity contribution in [1.29, 1.82) is 5.26 Å². The molecule has 0 bridgehead atoms. The van der Waals surface area contributed by atoms with Gasteiger partial charge in [-0.2, -0.15) is 5.26 Å². The molecule has 2 N–H and O–H groups in total. The van der Waals surface area contributed by atoms with Crippen LogP contribution in [0.4, 0.5) is 15.8 Å². The van der Waals surface area contributed by atoms with Gasteiger partial charge in [-0.05, 0) is 68.3 Å². The molecule has 0 heterocycles. The third kappa shape index (κ3) is 6.93. The van der Waals surface area contributed by atoms with Gasteiger partial charge in [-0.3, -0.25) is 9.59 Å². The second-order valence-corrected chi connectivity index (χ2v) is 7.90. The Morgan fingerprint density at radius 3 is 2.44 bits per heavy atom. The van der Waals surface area contributed by atoms with Crippen molar-refractivity contribution in [3.8, 4) is 17.6 Å². The molecule has 0 unspecified atom stereocenters. The van der Waals surface area contributed by atoms with Gasteiger partial charge in [0.25, 0.3) is 11.8 Å². The lowest BCUT2D eigenvalue weighted by Gasteiger charge is -2.13. The maximum atomic E-state index is 13.7. The van der Waals surface area contributed by atoms with E-state index in [1.165, 1.54) is 24.3 Å². The van der Waals surface area contributed by atoms with Crippen LogP contribution in [0.2, 0.25) is 0 Å². The predicted molar refractivity (Wildman–Crippen MR) is 136 cm³/mol. The number of carbonyl (C=O) groups is 2. The first-order valence-electron chi connectivity index (χ1n) is 11.2. The van der Waals surface area contributed by atoms with Crippen molar-refractivity contribution in [1.82, 2.24) is 0 Å². The molecule has 184 valence electrons. The smallest absolute Gasteiger partial charge is 0.266 e. The summed E-state index contributed by atoms with van der Waals surface area (Å²) in [5, 5.41) is 14.8. The first kappa shape index (κ1) is 26.0. The summed E-state index contributed by atoms with van der Waals surface area (Å²) in [4.78, 5) is 24.9. The highest BCUT2D eigenvalue weighted by Crippen LogP contribution is 2.30. The van der Waals surface area contributed by atoms with Crippen molar-refractivity contribution in [2.24, 2.45) is 0 Å². The highest BCUT2D eigenvalue weighted by Gasteiger charge is 2.14. The van der Waals surface area contributed by atoms with Gasteiger partial charge in [0.1, 0.15) is 17.5 Å². The number of anilines is 2. The molecule has 0 atom stereocenters. The first-order valence-corrected chi connectivity index (χ1v) is 11.2. The molecule has 3 aromatic carbocycles. The van der Waals surface area contributed by atoms with Crippen molar-refractivity contribution in [2.75, 3.05) is 23.8 Å². The average molecular weight is 488 g/mol. The number of halogens is 1. The van der Waals surface area contributed by atoms with E-state index in [4.69, 9.17) is 9.47 Å². The van der Waals surface area contributed by atoms with E-state index < -0.39 is 17.6 Å². The van der Waals surface area contributed by atoms with Crippen molar-refractivity contribution >= 4 is 29.3 Å². The molecule has 7 nitrogen and oxygen atoms in total. The van der Waals surface area contributed by atoms with E-state index in [9.17, 15) is 19.2 Å². The average Bonchev–Trinajstić information content (AvgIpc) is 2.85. The minimum atomic E-state index is -0.549. The van der Waals surface area contributed by atoms with Crippen LogP contribution in [0.25, 0.3) is 6.08 Å². The summed E-state index contributed by atoms with van der Waals surface area (Å²) in [6.07, 6.45) is 1.44. The van der Waals surface area contributed by atoms with E-state index in [0.717, 1.165) is 11.1 Å². The molecule has 0 saturated heterocycles. The van der Waals surface area contributed by atoms with Crippen LogP contribution in [0.15, 0.2) is 66.2 Å². The molecule has 0 aliphatic heterocycles. The fourth-order valence-electron chi connectivity index (χ4n) is 3.35.